The fourth-order valence-corrected chi connectivity index (χ4v) is 2.46. The van der Waals surface area contributed by atoms with Gasteiger partial charge in [0.15, 0.2) is 5.78 Å². The summed E-state index contributed by atoms with van der Waals surface area (Å²) in [7, 11) is 1.36. The summed E-state index contributed by atoms with van der Waals surface area (Å²) < 4.78 is 4.79. The van der Waals surface area contributed by atoms with Crippen molar-refractivity contribution in [3.05, 3.63) is 28.8 Å². The Balaban J connectivity index is 2.61. The van der Waals surface area contributed by atoms with E-state index in [1.807, 2.05) is 26.0 Å². The third-order valence-corrected chi connectivity index (χ3v) is 3.21. The predicted octanol–water partition coefficient (Wildman–Crippen LogP) is 2.85. The summed E-state index contributed by atoms with van der Waals surface area (Å²) in [6.07, 6.45) is 0.738. The minimum Gasteiger partial charge on any atom is -0.452 e. The monoisotopic (exact) mass is 247 g/mol. The molecule has 4 heteroatoms. The summed E-state index contributed by atoms with van der Waals surface area (Å²) in [5.41, 5.74) is 3.30. The van der Waals surface area contributed by atoms with Gasteiger partial charge in [-0.05, 0) is 37.5 Å². The van der Waals surface area contributed by atoms with Gasteiger partial charge in [-0.25, -0.2) is 4.79 Å². The van der Waals surface area contributed by atoms with E-state index in [0.29, 0.717) is 30.6 Å². The number of ether oxygens (including phenoxy) is 1. The zero-order chi connectivity index (χ0) is 13.3. The van der Waals surface area contributed by atoms with Crippen LogP contribution in [0.1, 0.15) is 34.3 Å². The Labute approximate surface area is 107 Å². The van der Waals surface area contributed by atoms with E-state index in [0.717, 1.165) is 11.1 Å². The molecule has 0 unspecified atom stereocenters. The molecule has 0 bridgehead atoms. The summed E-state index contributed by atoms with van der Waals surface area (Å²) in [5.74, 6) is 0.105. The predicted molar refractivity (Wildman–Crippen MR) is 69.2 cm³/mol. The molecule has 1 amide bonds. The molecule has 0 fully saturated rings. The second-order valence-corrected chi connectivity index (χ2v) is 4.62. The van der Waals surface area contributed by atoms with Gasteiger partial charge in [0.05, 0.1) is 12.8 Å². The van der Waals surface area contributed by atoms with Crippen molar-refractivity contribution in [1.82, 2.24) is 0 Å². The highest BCUT2D eigenvalue weighted by Gasteiger charge is 2.27. The van der Waals surface area contributed by atoms with Crippen molar-refractivity contribution < 1.29 is 14.3 Å². The number of carbonyl (C=O) groups is 2. The van der Waals surface area contributed by atoms with Gasteiger partial charge >= 0.3 is 6.09 Å². The van der Waals surface area contributed by atoms with Crippen LogP contribution in [0, 0.1) is 13.8 Å². The molecule has 0 spiro atoms. The molecule has 0 saturated heterocycles. The van der Waals surface area contributed by atoms with Gasteiger partial charge in [0, 0.05) is 18.5 Å². The first-order valence-corrected chi connectivity index (χ1v) is 6.04. The van der Waals surface area contributed by atoms with E-state index < -0.39 is 6.09 Å². The fraction of sp³-hybridized carbons (Fsp3) is 0.429. The third-order valence-electron chi connectivity index (χ3n) is 3.21. The molecular weight excluding hydrogens is 230 g/mol. The Morgan fingerprint density at radius 1 is 1.33 bits per heavy atom. The first-order valence-electron chi connectivity index (χ1n) is 6.04. The van der Waals surface area contributed by atoms with Gasteiger partial charge in [-0.3, -0.25) is 9.69 Å². The topological polar surface area (TPSA) is 46.6 Å². The zero-order valence-corrected chi connectivity index (χ0v) is 10.9. The highest BCUT2D eigenvalue weighted by atomic mass is 16.5. The molecule has 4 nitrogen and oxygen atoms in total. The number of anilines is 1. The number of Topliss-reactive ketones (excluding diaryl/α,β-unsaturated/α-hetero) is 1. The van der Waals surface area contributed by atoms with Crippen LogP contribution in [0.25, 0.3) is 0 Å². The highest BCUT2D eigenvalue weighted by molar-refractivity contribution is 6.06. The first-order chi connectivity index (χ1) is 8.54. The minimum absolute atomic E-state index is 0.105. The number of rotatable bonds is 0. The number of nitrogens with zero attached hydrogens (tertiary/aromatic N) is 1. The minimum atomic E-state index is -0.407. The van der Waals surface area contributed by atoms with E-state index in [4.69, 9.17) is 4.74 Å². The maximum atomic E-state index is 12.1. The normalized spacial score (nSPS) is 15.1. The van der Waals surface area contributed by atoms with Gasteiger partial charge in [-0.2, -0.15) is 0 Å². The molecule has 0 aliphatic carbocycles. The van der Waals surface area contributed by atoms with E-state index in [1.54, 1.807) is 4.90 Å². The van der Waals surface area contributed by atoms with Gasteiger partial charge in [-0.1, -0.05) is 6.07 Å². The van der Waals surface area contributed by atoms with Crippen LogP contribution < -0.4 is 4.90 Å². The SMILES string of the molecule is COC(=O)N1CCCC(=O)c2c(C)cc(C)cc21. The summed E-state index contributed by atoms with van der Waals surface area (Å²) in [6.45, 7) is 4.39. The Bertz CT molecular complexity index is 508. The second kappa shape index (κ2) is 4.80. The Morgan fingerprint density at radius 3 is 2.72 bits per heavy atom. The van der Waals surface area contributed by atoms with Crippen LogP contribution in [0.2, 0.25) is 0 Å². The van der Waals surface area contributed by atoms with E-state index in [1.165, 1.54) is 7.11 Å². The summed E-state index contributed by atoms with van der Waals surface area (Å²) in [6, 6.07) is 3.85. The number of fused-ring (bicyclic) bond motifs is 1. The van der Waals surface area contributed by atoms with Crippen LogP contribution >= 0.6 is 0 Å². The number of amides is 1. The average Bonchev–Trinajstić information content (AvgIpc) is 2.47. The number of methoxy groups -OCH3 is 1. The Kier molecular flexibility index (Phi) is 3.36. The van der Waals surface area contributed by atoms with Crippen molar-refractivity contribution in [2.75, 3.05) is 18.6 Å². The number of aryl methyl sites for hydroxylation is 2. The van der Waals surface area contributed by atoms with Crippen molar-refractivity contribution in [3.63, 3.8) is 0 Å². The standard InChI is InChI=1S/C14H17NO3/c1-9-7-10(2)13-11(8-9)15(14(17)18-3)6-4-5-12(13)16/h7-8H,4-6H2,1-3H3. The van der Waals surface area contributed by atoms with Crippen molar-refractivity contribution in [1.29, 1.82) is 0 Å². The lowest BCUT2D eigenvalue weighted by Gasteiger charge is -2.22. The summed E-state index contributed by atoms with van der Waals surface area (Å²) >= 11 is 0. The average molecular weight is 247 g/mol. The van der Waals surface area contributed by atoms with Gasteiger partial charge < -0.3 is 4.74 Å². The number of carbonyl (C=O) groups excluding carboxylic acids is 2. The quantitative estimate of drug-likeness (QED) is 0.708. The van der Waals surface area contributed by atoms with E-state index in [-0.39, 0.29) is 5.78 Å². The van der Waals surface area contributed by atoms with Gasteiger partial charge in [0.25, 0.3) is 0 Å². The molecular formula is C14H17NO3. The van der Waals surface area contributed by atoms with Crippen LogP contribution in [-0.4, -0.2) is 25.5 Å². The maximum Gasteiger partial charge on any atom is 0.414 e. The van der Waals surface area contributed by atoms with Gasteiger partial charge in [0.1, 0.15) is 0 Å². The van der Waals surface area contributed by atoms with Gasteiger partial charge in [0.2, 0.25) is 0 Å². The van der Waals surface area contributed by atoms with Crippen LogP contribution in [0.3, 0.4) is 0 Å². The molecule has 0 saturated carbocycles. The number of hydrogen-bond acceptors (Lipinski definition) is 3. The van der Waals surface area contributed by atoms with Crippen molar-refractivity contribution in [2.24, 2.45) is 0 Å². The maximum absolute atomic E-state index is 12.1. The van der Waals surface area contributed by atoms with E-state index in [2.05, 4.69) is 0 Å². The first kappa shape index (κ1) is 12.6. The summed E-state index contributed by atoms with van der Waals surface area (Å²) in [5, 5.41) is 0. The molecule has 1 aromatic carbocycles. The van der Waals surface area contributed by atoms with E-state index in [9.17, 15) is 9.59 Å². The van der Waals surface area contributed by atoms with Crippen LogP contribution in [-0.2, 0) is 4.74 Å². The van der Waals surface area contributed by atoms with E-state index >= 15 is 0 Å². The lowest BCUT2D eigenvalue weighted by molar-refractivity contribution is 0.0983. The van der Waals surface area contributed by atoms with Crippen molar-refractivity contribution >= 4 is 17.6 Å². The molecule has 1 aromatic rings. The van der Waals surface area contributed by atoms with Crippen LogP contribution in [0.15, 0.2) is 12.1 Å². The Morgan fingerprint density at radius 2 is 2.06 bits per heavy atom. The van der Waals surface area contributed by atoms with Crippen LogP contribution in [0.5, 0.6) is 0 Å². The largest absolute Gasteiger partial charge is 0.452 e. The zero-order valence-electron chi connectivity index (χ0n) is 10.9. The molecule has 0 aromatic heterocycles. The molecule has 0 N–H and O–H groups in total. The van der Waals surface area contributed by atoms with Crippen molar-refractivity contribution in [2.45, 2.75) is 26.7 Å². The number of ketones is 1. The Hall–Kier alpha value is -1.84. The van der Waals surface area contributed by atoms with Gasteiger partial charge in [-0.15, -0.1) is 0 Å². The fourth-order valence-electron chi connectivity index (χ4n) is 2.46. The second-order valence-electron chi connectivity index (χ2n) is 4.62. The molecule has 1 aliphatic heterocycles. The number of benzene rings is 1. The van der Waals surface area contributed by atoms with Crippen LogP contribution in [0.4, 0.5) is 10.5 Å². The third kappa shape index (κ3) is 2.10. The van der Waals surface area contributed by atoms with Crippen molar-refractivity contribution in [3.8, 4) is 0 Å². The number of hydrogen-bond donors (Lipinski definition) is 0. The lowest BCUT2D eigenvalue weighted by atomic mass is 9.98. The molecule has 0 radical (unpaired) electrons. The molecule has 1 aliphatic rings. The smallest absolute Gasteiger partial charge is 0.414 e. The lowest BCUT2D eigenvalue weighted by Crippen LogP contribution is -2.31. The summed E-state index contributed by atoms with van der Waals surface area (Å²) in [4.78, 5) is 25.5. The molecule has 96 valence electrons. The molecule has 2 rings (SSSR count). The molecule has 1 heterocycles. The molecule has 0 atom stereocenters. The molecule has 18 heavy (non-hydrogen) atoms. The highest BCUT2D eigenvalue weighted by Crippen LogP contribution is 2.30.